The van der Waals surface area contributed by atoms with Gasteiger partial charge in [0.1, 0.15) is 15.8 Å². The van der Waals surface area contributed by atoms with Crippen molar-refractivity contribution in [3.05, 3.63) is 59.1 Å². The van der Waals surface area contributed by atoms with Gasteiger partial charge in [-0.25, -0.2) is 13.4 Å². The van der Waals surface area contributed by atoms with Gasteiger partial charge in [-0.2, -0.15) is 0 Å². The van der Waals surface area contributed by atoms with Crippen LogP contribution < -0.4 is 14.8 Å². The molecule has 0 amide bonds. The van der Waals surface area contributed by atoms with E-state index in [9.17, 15) is 8.42 Å². The zero-order chi connectivity index (χ0) is 17.9. The number of hydrogen-bond acceptors (Lipinski definition) is 6. The van der Waals surface area contributed by atoms with Gasteiger partial charge in [0.2, 0.25) is 0 Å². The number of hydrogen-bond donors (Lipinski definition) is 2. The summed E-state index contributed by atoms with van der Waals surface area (Å²) < 4.78 is 32.3. The number of anilines is 3. The lowest BCUT2D eigenvalue weighted by Gasteiger charge is -2.12. The molecule has 2 heterocycles. The molecule has 0 aliphatic carbocycles. The number of thiophene rings is 1. The van der Waals surface area contributed by atoms with Crippen molar-refractivity contribution in [2.75, 3.05) is 17.1 Å². The first-order valence-corrected chi connectivity index (χ1v) is 9.85. The zero-order valence-corrected chi connectivity index (χ0v) is 15.5. The summed E-state index contributed by atoms with van der Waals surface area (Å²) in [5.41, 5.74) is 1.35. The van der Waals surface area contributed by atoms with Gasteiger partial charge >= 0.3 is 0 Å². The van der Waals surface area contributed by atoms with E-state index < -0.39 is 10.0 Å². The van der Waals surface area contributed by atoms with Crippen LogP contribution in [-0.2, 0) is 10.0 Å². The minimum atomic E-state index is -3.61. The predicted molar refractivity (Wildman–Crippen MR) is 101 cm³/mol. The molecule has 3 rings (SSSR count). The van der Waals surface area contributed by atoms with Crippen molar-refractivity contribution in [1.82, 2.24) is 4.98 Å². The maximum absolute atomic E-state index is 12.2. The first-order chi connectivity index (χ1) is 12.0. The van der Waals surface area contributed by atoms with E-state index in [2.05, 4.69) is 15.0 Å². The second-order valence-corrected chi connectivity index (χ2v) is 8.23. The normalized spacial score (nSPS) is 11.1. The monoisotopic (exact) mass is 395 g/mol. The largest absolute Gasteiger partial charge is 0.495 e. The molecule has 9 heteroatoms. The van der Waals surface area contributed by atoms with E-state index in [0.29, 0.717) is 22.1 Å². The molecule has 130 valence electrons. The Morgan fingerprint density at radius 3 is 2.68 bits per heavy atom. The number of methoxy groups -OCH3 is 1. The van der Waals surface area contributed by atoms with E-state index in [0.717, 1.165) is 11.3 Å². The highest BCUT2D eigenvalue weighted by molar-refractivity contribution is 7.94. The number of sulfonamides is 1. The van der Waals surface area contributed by atoms with Crippen molar-refractivity contribution >= 4 is 50.2 Å². The van der Waals surface area contributed by atoms with Crippen molar-refractivity contribution < 1.29 is 13.2 Å². The molecule has 3 aromatic rings. The molecule has 0 fully saturated rings. The van der Waals surface area contributed by atoms with Crippen LogP contribution in [0.4, 0.5) is 17.2 Å². The molecule has 6 nitrogen and oxygen atoms in total. The molecule has 0 unspecified atom stereocenters. The summed E-state index contributed by atoms with van der Waals surface area (Å²) in [4.78, 5) is 4.13. The fourth-order valence-electron chi connectivity index (χ4n) is 2.07. The molecule has 0 radical (unpaired) electrons. The zero-order valence-electron chi connectivity index (χ0n) is 13.1. The second kappa shape index (κ2) is 7.30. The summed E-state index contributed by atoms with van der Waals surface area (Å²) in [6, 6.07) is 11.7. The molecule has 1 aromatic carbocycles. The molecular weight excluding hydrogens is 382 g/mol. The van der Waals surface area contributed by atoms with E-state index in [1.54, 1.807) is 48.9 Å². The van der Waals surface area contributed by atoms with Crippen molar-refractivity contribution in [2.24, 2.45) is 0 Å². The first kappa shape index (κ1) is 17.5. The third-order valence-electron chi connectivity index (χ3n) is 3.20. The summed E-state index contributed by atoms with van der Waals surface area (Å²) in [6.07, 6.45) is 1.52. The Morgan fingerprint density at radius 2 is 2.04 bits per heavy atom. The Balaban J connectivity index is 1.76. The highest BCUT2D eigenvalue weighted by Crippen LogP contribution is 2.30. The van der Waals surface area contributed by atoms with Gasteiger partial charge in [-0.1, -0.05) is 17.7 Å². The van der Waals surface area contributed by atoms with Crippen LogP contribution in [0.5, 0.6) is 5.75 Å². The average molecular weight is 396 g/mol. The van der Waals surface area contributed by atoms with Gasteiger partial charge < -0.3 is 10.1 Å². The summed E-state index contributed by atoms with van der Waals surface area (Å²) in [7, 11) is -2.05. The van der Waals surface area contributed by atoms with Crippen LogP contribution in [0.15, 0.2) is 58.3 Å². The number of nitrogens with zero attached hydrogens (tertiary/aromatic N) is 1. The maximum Gasteiger partial charge on any atom is 0.272 e. The third-order valence-corrected chi connectivity index (χ3v) is 6.19. The summed E-state index contributed by atoms with van der Waals surface area (Å²) in [6.45, 7) is 0. The van der Waals surface area contributed by atoms with E-state index in [-0.39, 0.29) is 10.0 Å². The summed E-state index contributed by atoms with van der Waals surface area (Å²) in [5, 5.41) is 5.40. The van der Waals surface area contributed by atoms with Gasteiger partial charge in [0, 0.05) is 5.02 Å². The van der Waals surface area contributed by atoms with Crippen LogP contribution in [0.1, 0.15) is 0 Å². The number of ether oxygens (including phenoxy) is 1. The topological polar surface area (TPSA) is 80.3 Å². The number of benzene rings is 1. The fraction of sp³-hybridized carbons (Fsp3) is 0.0625. The van der Waals surface area contributed by atoms with Crippen LogP contribution in [-0.4, -0.2) is 20.5 Å². The number of halogens is 1. The van der Waals surface area contributed by atoms with Crippen LogP contribution in [0, 0.1) is 0 Å². The second-order valence-electron chi connectivity index (χ2n) is 4.94. The van der Waals surface area contributed by atoms with Gasteiger partial charge in [0.15, 0.2) is 0 Å². The van der Waals surface area contributed by atoms with E-state index in [1.807, 2.05) is 0 Å². The lowest BCUT2D eigenvalue weighted by Crippen LogP contribution is -2.12. The molecule has 0 aliphatic heterocycles. The molecule has 0 saturated heterocycles. The fourth-order valence-corrected chi connectivity index (χ4v) is 4.24. The minimum Gasteiger partial charge on any atom is -0.495 e. The Kier molecular flexibility index (Phi) is 5.12. The molecule has 0 atom stereocenters. The molecule has 0 saturated carbocycles. The molecular formula is C16H14ClN3O3S2. The molecule has 2 aromatic heterocycles. The minimum absolute atomic E-state index is 0.233. The van der Waals surface area contributed by atoms with Gasteiger partial charge in [0.25, 0.3) is 10.0 Å². The predicted octanol–water partition coefficient (Wildman–Crippen LogP) is 4.35. The number of pyridine rings is 1. The summed E-state index contributed by atoms with van der Waals surface area (Å²) >= 11 is 7.14. The van der Waals surface area contributed by atoms with Crippen LogP contribution in [0.2, 0.25) is 5.02 Å². The van der Waals surface area contributed by atoms with Crippen molar-refractivity contribution in [3.63, 3.8) is 0 Å². The lowest BCUT2D eigenvalue weighted by molar-refractivity contribution is 0.417. The standard InChI is InChI=1S/C16H14ClN3O3S2/c1-23-14-6-4-11(17)9-13(14)19-12-5-7-15(18-10-12)20-25(21,22)16-3-2-8-24-16/h2-10,19H,1H3,(H,18,20). The smallest absolute Gasteiger partial charge is 0.272 e. The Hall–Kier alpha value is -2.29. The Labute approximate surface area is 154 Å². The van der Waals surface area contributed by atoms with Gasteiger partial charge in [-0.05, 0) is 41.8 Å². The van der Waals surface area contributed by atoms with E-state index in [4.69, 9.17) is 16.3 Å². The van der Waals surface area contributed by atoms with Crippen LogP contribution in [0.3, 0.4) is 0 Å². The van der Waals surface area contributed by atoms with Gasteiger partial charge in [-0.3, -0.25) is 4.72 Å². The van der Waals surface area contributed by atoms with Crippen molar-refractivity contribution in [2.45, 2.75) is 4.21 Å². The molecule has 25 heavy (non-hydrogen) atoms. The Bertz CT molecular complexity index is 959. The summed E-state index contributed by atoms with van der Waals surface area (Å²) in [5.74, 6) is 0.865. The molecule has 0 bridgehead atoms. The van der Waals surface area contributed by atoms with Crippen LogP contribution in [0.25, 0.3) is 0 Å². The van der Waals surface area contributed by atoms with Gasteiger partial charge in [0.05, 0.1) is 24.7 Å². The van der Waals surface area contributed by atoms with Gasteiger partial charge in [-0.15, -0.1) is 11.3 Å². The maximum atomic E-state index is 12.2. The van der Waals surface area contributed by atoms with Crippen LogP contribution >= 0.6 is 22.9 Å². The quantitative estimate of drug-likeness (QED) is 0.648. The van der Waals surface area contributed by atoms with Crippen molar-refractivity contribution in [3.8, 4) is 5.75 Å². The van der Waals surface area contributed by atoms with Crippen molar-refractivity contribution in [1.29, 1.82) is 0 Å². The van der Waals surface area contributed by atoms with E-state index >= 15 is 0 Å². The molecule has 2 N–H and O–H groups in total. The SMILES string of the molecule is COc1ccc(Cl)cc1Nc1ccc(NS(=O)(=O)c2cccs2)nc1. The number of rotatable bonds is 6. The average Bonchev–Trinajstić information content (AvgIpc) is 3.12. The highest BCUT2D eigenvalue weighted by Gasteiger charge is 2.15. The third kappa shape index (κ3) is 4.22. The lowest BCUT2D eigenvalue weighted by atomic mass is 10.2. The Morgan fingerprint density at radius 1 is 1.20 bits per heavy atom. The molecule has 0 spiro atoms. The number of aromatic nitrogens is 1. The first-order valence-electron chi connectivity index (χ1n) is 7.11. The highest BCUT2D eigenvalue weighted by atomic mass is 35.5. The molecule has 0 aliphatic rings. The number of nitrogens with one attached hydrogen (secondary N) is 2. The van der Waals surface area contributed by atoms with E-state index in [1.165, 1.54) is 12.3 Å².